The molecule has 0 amide bonds. The molecule has 0 saturated carbocycles. The lowest BCUT2D eigenvalue weighted by molar-refractivity contribution is -0.154. The molecule has 0 saturated heterocycles. The Bertz CT molecular complexity index is 1050. The molecule has 0 spiro atoms. The van der Waals surface area contributed by atoms with Gasteiger partial charge in [-0.15, -0.1) is 0 Å². The van der Waals surface area contributed by atoms with Gasteiger partial charge in [-0.2, -0.15) is 0 Å². The number of carboxylic acids is 1. The van der Waals surface area contributed by atoms with E-state index in [-0.39, 0.29) is 13.0 Å². The van der Waals surface area contributed by atoms with Crippen molar-refractivity contribution >= 4 is 19.8 Å². The minimum absolute atomic E-state index is 0.0126. The van der Waals surface area contributed by atoms with Gasteiger partial charge in [0.15, 0.2) is 0 Å². The van der Waals surface area contributed by atoms with Gasteiger partial charge in [0.05, 0.1) is 19.8 Å². The third-order valence-electron chi connectivity index (χ3n) is 9.89. The molecule has 0 heterocycles. The fourth-order valence-electron chi connectivity index (χ4n) is 6.28. The number of nitrogens with two attached hydrogens (primary N) is 1. The normalized spacial score (nSPS) is 14.2. The summed E-state index contributed by atoms with van der Waals surface area (Å²) in [6, 6.07) is -1.47. The highest BCUT2D eigenvalue weighted by Gasteiger charge is 2.27. The molecule has 3 atom stereocenters. The Morgan fingerprint density at radius 2 is 0.965 bits per heavy atom. The number of phosphoric acid groups is 1. The number of esters is 1. The molecule has 0 aromatic carbocycles. The summed E-state index contributed by atoms with van der Waals surface area (Å²) < 4.78 is 33.4. The average Bonchev–Trinajstić information content (AvgIpc) is 3.19. The number of ether oxygens (including phenoxy) is 2. The van der Waals surface area contributed by atoms with Crippen LogP contribution in [0.1, 0.15) is 206 Å². The molecule has 0 bridgehead atoms. The molecule has 0 aromatic rings. The summed E-state index contributed by atoms with van der Waals surface area (Å²) in [7, 11) is -4.62. The molecule has 0 fully saturated rings. The molecule has 10 nitrogen and oxygen atoms in total. The number of carbonyl (C=O) groups is 2. The Morgan fingerprint density at radius 3 is 1.47 bits per heavy atom. The third-order valence-corrected chi connectivity index (χ3v) is 10.8. The number of hydrogen-bond acceptors (Lipinski definition) is 8. The van der Waals surface area contributed by atoms with E-state index in [2.05, 4.69) is 50.3 Å². The van der Waals surface area contributed by atoms with Gasteiger partial charge in [-0.25, -0.2) is 4.57 Å². The van der Waals surface area contributed by atoms with Crippen molar-refractivity contribution in [1.29, 1.82) is 0 Å². The van der Waals surface area contributed by atoms with E-state index in [4.69, 9.17) is 29.4 Å². The lowest BCUT2D eigenvalue weighted by Gasteiger charge is -2.20. The summed E-state index contributed by atoms with van der Waals surface area (Å²) in [5.74, 6) is -1.79. The van der Waals surface area contributed by atoms with Crippen LogP contribution in [0.15, 0.2) is 36.5 Å². The predicted molar refractivity (Wildman–Crippen MR) is 235 cm³/mol. The van der Waals surface area contributed by atoms with E-state index in [0.29, 0.717) is 13.0 Å². The second kappa shape index (κ2) is 42.3. The molecule has 334 valence electrons. The van der Waals surface area contributed by atoms with E-state index in [0.717, 1.165) is 57.8 Å². The Balaban J connectivity index is 4.20. The first-order valence-corrected chi connectivity index (χ1v) is 24.5. The summed E-state index contributed by atoms with van der Waals surface area (Å²) >= 11 is 0. The third kappa shape index (κ3) is 42.1. The molecule has 0 rings (SSSR count). The van der Waals surface area contributed by atoms with Crippen LogP contribution in [0.3, 0.4) is 0 Å². The first-order chi connectivity index (χ1) is 27.7. The van der Waals surface area contributed by atoms with Gasteiger partial charge in [0.1, 0.15) is 12.1 Å². The minimum Gasteiger partial charge on any atom is -0.480 e. The minimum atomic E-state index is -4.62. The van der Waals surface area contributed by atoms with Crippen molar-refractivity contribution in [2.45, 2.75) is 219 Å². The maximum Gasteiger partial charge on any atom is 0.472 e. The molecule has 0 aliphatic rings. The monoisotopic (exact) mass is 828 g/mol. The molecule has 0 radical (unpaired) electrons. The molecular formula is C46H86NO9P. The van der Waals surface area contributed by atoms with Gasteiger partial charge in [-0.1, -0.05) is 166 Å². The van der Waals surface area contributed by atoms with Crippen molar-refractivity contribution in [3.63, 3.8) is 0 Å². The van der Waals surface area contributed by atoms with Crippen LogP contribution in [0.4, 0.5) is 0 Å². The average molecular weight is 828 g/mol. The van der Waals surface area contributed by atoms with E-state index in [1.165, 1.54) is 122 Å². The lowest BCUT2D eigenvalue weighted by Crippen LogP contribution is -2.34. The summed E-state index contributed by atoms with van der Waals surface area (Å²) in [6.45, 7) is 3.85. The Kier molecular flexibility index (Phi) is 41.0. The fraction of sp³-hybridized carbons (Fsp3) is 0.826. The van der Waals surface area contributed by atoms with E-state index in [9.17, 15) is 19.0 Å². The standard InChI is InChI=1S/C46H86NO9P/c1-3-5-7-9-11-13-15-17-19-20-21-22-23-25-27-29-31-33-35-37-39-53-40-43(41-54-57(51,52)55-42-44(47)46(49)50)56-45(48)38-36-34-32-30-28-26-24-18-16-14-12-10-8-6-4-2/h11,13,17-19,24,43-44H,3-10,12,14-16,20-23,25-42,47H2,1-2H3,(H,49,50)(H,51,52)/b13-11-,19-17-,24-18-. The van der Waals surface area contributed by atoms with Crippen molar-refractivity contribution in [2.75, 3.05) is 26.4 Å². The maximum atomic E-state index is 12.6. The number of carbonyl (C=O) groups excluding carboxylic acids is 1. The summed E-state index contributed by atoms with van der Waals surface area (Å²) in [5.41, 5.74) is 5.36. The van der Waals surface area contributed by atoms with Gasteiger partial charge in [0, 0.05) is 13.0 Å². The van der Waals surface area contributed by atoms with Crippen LogP contribution in [0.5, 0.6) is 0 Å². The highest BCUT2D eigenvalue weighted by Crippen LogP contribution is 2.43. The zero-order chi connectivity index (χ0) is 41.9. The van der Waals surface area contributed by atoms with Crippen LogP contribution >= 0.6 is 7.82 Å². The molecule has 0 aliphatic carbocycles. The van der Waals surface area contributed by atoms with Gasteiger partial charge in [-0.3, -0.25) is 18.6 Å². The first-order valence-electron chi connectivity index (χ1n) is 23.0. The van der Waals surface area contributed by atoms with Gasteiger partial charge < -0.3 is 25.2 Å². The van der Waals surface area contributed by atoms with E-state index >= 15 is 0 Å². The second-order valence-corrected chi connectivity index (χ2v) is 17.0. The van der Waals surface area contributed by atoms with Gasteiger partial charge >= 0.3 is 19.8 Å². The van der Waals surface area contributed by atoms with E-state index < -0.39 is 45.1 Å². The predicted octanol–water partition coefficient (Wildman–Crippen LogP) is 12.9. The van der Waals surface area contributed by atoms with Crippen molar-refractivity contribution < 1.29 is 42.7 Å². The molecule has 4 N–H and O–H groups in total. The number of carboxylic acid groups (broad SMARTS) is 1. The van der Waals surface area contributed by atoms with Gasteiger partial charge in [0.25, 0.3) is 0 Å². The Hall–Kier alpha value is -1.81. The van der Waals surface area contributed by atoms with Crippen LogP contribution in [-0.2, 0) is 32.7 Å². The van der Waals surface area contributed by atoms with Crippen LogP contribution in [0, 0.1) is 0 Å². The number of phosphoric ester groups is 1. The zero-order valence-corrected chi connectivity index (χ0v) is 37.3. The van der Waals surface area contributed by atoms with Gasteiger partial charge in [0.2, 0.25) is 0 Å². The Morgan fingerprint density at radius 1 is 0.561 bits per heavy atom. The summed E-state index contributed by atoms with van der Waals surface area (Å²) in [4.78, 5) is 33.6. The highest BCUT2D eigenvalue weighted by atomic mass is 31.2. The number of rotatable bonds is 44. The molecule has 0 aliphatic heterocycles. The molecular weight excluding hydrogens is 741 g/mol. The van der Waals surface area contributed by atoms with Crippen LogP contribution in [0.2, 0.25) is 0 Å². The second-order valence-electron chi connectivity index (χ2n) is 15.5. The van der Waals surface area contributed by atoms with Crippen molar-refractivity contribution in [3.05, 3.63) is 36.5 Å². The quantitative estimate of drug-likeness (QED) is 0.0234. The van der Waals surface area contributed by atoms with Crippen molar-refractivity contribution in [3.8, 4) is 0 Å². The molecule has 0 aromatic heterocycles. The SMILES string of the molecule is CCCCC/C=C\C/C=C\CCCCCCCCCCCCOCC(COP(=O)(O)OCC(N)C(=O)O)OC(=O)CCCCCCC/C=C\CCCCCCCC. The Labute approximate surface area is 348 Å². The van der Waals surface area contributed by atoms with E-state index in [1.54, 1.807) is 0 Å². The molecule has 57 heavy (non-hydrogen) atoms. The molecule has 11 heteroatoms. The van der Waals surface area contributed by atoms with Crippen LogP contribution < -0.4 is 5.73 Å². The lowest BCUT2D eigenvalue weighted by atomic mass is 10.1. The maximum absolute atomic E-state index is 12.6. The van der Waals surface area contributed by atoms with Crippen LogP contribution in [0.25, 0.3) is 0 Å². The number of allylic oxidation sites excluding steroid dienone is 6. The topological polar surface area (TPSA) is 155 Å². The first kappa shape index (κ1) is 55.2. The fourth-order valence-corrected chi connectivity index (χ4v) is 7.05. The van der Waals surface area contributed by atoms with E-state index in [1.807, 2.05) is 0 Å². The summed E-state index contributed by atoms with van der Waals surface area (Å²) in [6.07, 6.45) is 47.6. The van der Waals surface area contributed by atoms with Crippen molar-refractivity contribution in [2.24, 2.45) is 5.73 Å². The summed E-state index contributed by atoms with van der Waals surface area (Å²) in [5, 5.41) is 8.90. The zero-order valence-electron chi connectivity index (χ0n) is 36.4. The van der Waals surface area contributed by atoms with Gasteiger partial charge in [-0.05, 0) is 70.6 Å². The number of unbranched alkanes of at least 4 members (excludes halogenated alkanes) is 24. The number of hydrogen-bond donors (Lipinski definition) is 3. The largest absolute Gasteiger partial charge is 0.480 e. The smallest absolute Gasteiger partial charge is 0.472 e. The number of aliphatic carboxylic acids is 1. The van der Waals surface area contributed by atoms with Crippen LogP contribution in [-0.4, -0.2) is 60.5 Å². The molecule has 3 unspecified atom stereocenters. The highest BCUT2D eigenvalue weighted by molar-refractivity contribution is 7.47. The van der Waals surface area contributed by atoms with Crippen molar-refractivity contribution in [1.82, 2.24) is 0 Å².